The molecule has 1 aromatic rings. The number of carbonyl (C=O) groups excluding carboxylic acids is 5. The summed E-state index contributed by atoms with van der Waals surface area (Å²) in [6, 6.07) is 4.77. The van der Waals surface area contributed by atoms with E-state index in [-0.39, 0.29) is 0 Å². The van der Waals surface area contributed by atoms with Gasteiger partial charge in [-0.2, -0.15) is 0 Å². The molecule has 0 bridgehead atoms. The number of phenols is 1. The molecular formula is C21H24O12. The topological polar surface area (TPSA) is 205 Å². The van der Waals surface area contributed by atoms with Crippen molar-refractivity contribution in [1.29, 1.82) is 0 Å². The van der Waals surface area contributed by atoms with E-state index < -0.39 is 75.7 Å². The molecule has 0 aliphatic carbocycles. The van der Waals surface area contributed by atoms with Crippen LogP contribution in [0, 0.1) is 0 Å². The van der Waals surface area contributed by atoms with Crippen LogP contribution in [0.25, 0.3) is 0 Å². The number of aromatic hydroxyl groups is 1. The van der Waals surface area contributed by atoms with Crippen molar-refractivity contribution in [3.8, 4) is 5.75 Å². The third kappa shape index (κ3) is 3.21. The Morgan fingerprint density at radius 2 is 1.39 bits per heavy atom. The highest BCUT2D eigenvalue weighted by molar-refractivity contribution is 6.09. The predicted octanol–water partition coefficient (Wildman–Crippen LogP) is -1.81. The Bertz CT molecular complexity index is 1030. The van der Waals surface area contributed by atoms with Crippen LogP contribution in [0.15, 0.2) is 24.3 Å². The highest BCUT2D eigenvalue weighted by atomic mass is 16.8. The first-order valence-corrected chi connectivity index (χ1v) is 9.60. The van der Waals surface area contributed by atoms with E-state index in [2.05, 4.69) is 0 Å². The molecule has 1 aliphatic heterocycles. The van der Waals surface area contributed by atoms with Crippen LogP contribution >= 0.6 is 0 Å². The second-order valence-corrected chi connectivity index (χ2v) is 7.72. The summed E-state index contributed by atoms with van der Waals surface area (Å²) < 4.78 is 10.3. The van der Waals surface area contributed by atoms with Gasteiger partial charge >= 0.3 is 11.8 Å². The van der Waals surface area contributed by atoms with Crippen molar-refractivity contribution in [2.45, 2.75) is 56.4 Å². The molecule has 0 aromatic heterocycles. The molecule has 1 saturated heterocycles. The van der Waals surface area contributed by atoms with Crippen LogP contribution in [-0.4, -0.2) is 89.9 Å². The Hall–Kier alpha value is -3.03. The fourth-order valence-electron chi connectivity index (χ4n) is 4.12. The van der Waals surface area contributed by atoms with E-state index in [1.54, 1.807) is 0 Å². The van der Waals surface area contributed by atoms with Gasteiger partial charge in [0, 0.05) is 6.92 Å². The van der Waals surface area contributed by atoms with E-state index >= 15 is 0 Å². The number of rotatable bonds is 7. The molecule has 0 amide bonds. The van der Waals surface area contributed by atoms with E-state index in [4.69, 9.17) is 9.47 Å². The lowest BCUT2D eigenvalue weighted by atomic mass is 9.57. The molecule has 180 valence electrons. The number of phenolic OH excluding ortho intramolecular Hbond substituents is 1. The van der Waals surface area contributed by atoms with Crippen molar-refractivity contribution >= 4 is 29.1 Å². The highest BCUT2D eigenvalue weighted by Gasteiger charge is 2.85. The van der Waals surface area contributed by atoms with Gasteiger partial charge in [0.25, 0.3) is 0 Å². The van der Waals surface area contributed by atoms with E-state index in [1.807, 2.05) is 0 Å². The molecule has 1 aromatic carbocycles. The van der Waals surface area contributed by atoms with E-state index in [0.29, 0.717) is 27.7 Å². The molecule has 12 nitrogen and oxygen atoms in total. The van der Waals surface area contributed by atoms with E-state index in [9.17, 15) is 49.5 Å². The van der Waals surface area contributed by atoms with E-state index in [0.717, 1.165) is 12.1 Å². The summed E-state index contributed by atoms with van der Waals surface area (Å²) in [6.45, 7) is 1.19. The first-order chi connectivity index (χ1) is 15.1. The molecule has 33 heavy (non-hydrogen) atoms. The minimum absolute atomic E-state index is 0.563. The Labute approximate surface area is 187 Å². The third-order valence-corrected chi connectivity index (χ3v) is 5.87. The minimum Gasteiger partial charge on any atom is -0.507 e. The molecule has 0 radical (unpaired) electrons. The second kappa shape index (κ2) is 8.39. The predicted molar refractivity (Wildman–Crippen MR) is 106 cm³/mol. The Kier molecular flexibility index (Phi) is 6.67. The summed E-state index contributed by atoms with van der Waals surface area (Å²) in [4.78, 5) is 63.4. The zero-order chi connectivity index (χ0) is 25.6. The number of Topliss-reactive ketones (excluding diaryl/α,β-unsaturated/α-hetero) is 4. The van der Waals surface area contributed by atoms with Crippen LogP contribution in [0.3, 0.4) is 0 Å². The lowest BCUT2D eigenvalue weighted by Gasteiger charge is -2.60. The Morgan fingerprint density at radius 3 is 1.79 bits per heavy atom. The molecule has 0 saturated carbocycles. The molecule has 5 N–H and O–H groups in total. The second-order valence-electron chi connectivity index (χ2n) is 7.72. The number of esters is 1. The fourth-order valence-corrected chi connectivity index (χ4v) is 4.12. The van der Waals surface area contributed by atoms with Crippen LogP contribution in [0.5, 0.6) is 5.75 Å². The fraction of sp³-hybridized carbons (Fsp3) is 0.476. The summed E-state index contributed by atoms with van der Waals surface area (Å²) in [5.74, 6) is -11.8. The summed E-state index contributed by atoms with van der Waals surface area (Å²) in [5, 5.41) is 53.7. The number of ether oxygens (including phenoxy) is 2. The van der Waals surface area contributed by atoms with Gasteiger partial charge in [0.05, 0.1) is 6.61 Å². The molecule has 1 heterocycles. The van der Waals surface area contributed by atoms with Crippen LogP contribution in [0.4, 0.5) is 0 Å². The summed E-state index contributed by atoms with van der Waals surface area (Å²) >= 11 is 0. The van der Waals surface area contributed by atoms with Crippen LogP contribution < -0.4 is 0 Å². The third-order valence-electron chi connectivity index (χ3n) is 5.87. The molecule has 12 heteroatoms. The van der Waals surface area contributed by atoms with Crippen molar-refractivity contribution in [2.24, 2.45) is 0 Å². The SMILES string of the molecule is CC(=O)C1(OC(=O)c2ccccc2O)O[C@H](CO)[C@@](O)(C(C)=O)[C@@](O)(C(C)=O)[C@]1(O)C(C)=O. The number of hydrogen-bond donors (Lipinski definition) is 5. The van der Waals surface area contributed by atoms with Gasteiger partial charge in [-0.1, -0.05) is 12.1 Å². The normalized spacial score (nSPS) is 33.8. The average Bonchev–Trinajstić information content (AvgIpc) is 2.73. The standard InChI is InChI=1S/C21H24O12/c1-10(23)18(29)16(9-22)32-21(13(4)26,20(31,12(3)25)19(18,30)11(2)24)33-17(28)14-7-5-6-8-15(14)27/h5-8,16,22,27,29-31H,9H2,1-4H3/t16-,18+,19+,20-,21?/m1/s1. The van der Waals surface area contributed by atoms with Gasteiger partial charge < -0.3 is 35.0 Å². The van der Waals surface area contributed by atoms with Gasteiger partial charge in [-0.05, 0) is 32.9 Å². The first-order valence-electron chi connectivity index (χ1n) is 9.60. The minimum atomic E-state index is -3.87. The molecule has 5 atom stereocenters. The van der Waals surface area contributed by atoms with Crippen molar-refractivity contribution in [1.82, 2.24) is 0 Å². The van der Waals surface area contributed by atoms with Gasteiger partial charge in [0.1, 0.15) is 17.4 Å². The maximum atomic E-state index is 12.8. The van der Waals surface area contributed by atoms with Crippen LogP contribution in [0.1, 0.15) is 38.1 Å². The summed E-state index contributed by atoms with van der Waals surface area (Å²) in [7, 11) is 0. The van der Waals surface area contributed by atoms with Gasteiger partial charge in [0.2, 0.25) is 17.0 Å². The van der Waals surface area contributed by atoms with E-state index in [1.165, 1.54) is 12.1 Å². The molecule has 1 fully saturated rings. The van der Waals surface area contributed by atoms with Gasteiger partial charge in [-0.3, -0.25) is 19.2 Å². The molecular weight excluding hydrogens is 444 g/mol. The average molecular weight is 468 g/mol. The van der Waals surface area contributed by atoms with Crippen molar-refractivity contribution in [3.63, 3.8) is 0 Å². The van der Waals surface area contributed by atoms with Gasteiger partial charge in [-0.15, -0.1) is 0 Å². The van der Waals surface area contributed by atoms with Crippen molar-refractivity contribution in [2.75, 3.05) is 6.61 Å². The van der Waals surface area contributed by atoms with Gasteiger partial charge in [0.15, 0.2) is 23.0 Å². The zero-order valence-corrected chi connectivity index (χ0v) is 18.2. The number of aliphatic hydroxyl groups is 4. The zero-order valence-electron chi connectivity index (χ0n) is 18.2. The van der Waals surface area contributed by atoms with Crippen LogP contribution in [-0.2, 0) is 28.7 Å². The number of carbonyl (C=O) groups is 5. The molecule has 0 spiro atoms. The number of benzene rings is 1. The van der Waals surface area contributed by atoms with Crippen molar-refractivity contribution in [3.05, 3.63) is 29.8 Å². The summed E-state index contributed by atoms with van der Waals surface area (Å²) in [6.07, 6.45) is -2.33. The Morgan fingerprint density at radius 1 is 0.879 bits per heavy atom. The molecule has 1 aliphatic rings. The summed E-state index contributed by atoms with van der Waals surface area (Å²) in [5.41, 5.74) is -11.7. The van der Waals surface area contributed by atoms with Crippen molar-refractivity contribution < 1.29 is 59.0 Å². The molecule has 2 rings (SSSR count). The maximum absolute atomic E-state index is 12.8. The number of aliphatic hydroxyl groups excluding tert-OH is 1. The Balaban J connectivity index is 2.95. The number of para-hydroxylation sites is 1. The molecule has 1 unspecified atom stereocenters. The number of ketones is 4. The maximum Gasteiger partial charge on any atom is 0.344 e. The number of hydrogen-bond acceptors (Lipinski definition) is 12. The highest BCUT2D eigenvalue weighted by Crippen LogP contribution is 2.52. The largest absolute Gasteiger partial charge is 0.507 e. The quantitative estimate of drug-likeness (QED) is 0.281. The van der Waals surface area contributed by atoms with Crippen LogP contribution in [0.2, 0.25) is 0 Å². The first kappa shape index (κ1) is 26.2. The smallest absolute Gasteiger partial charge is 0.344 e. The van der Waals surface area contributed by atoms with Gasteiger partial charge in [-0.25, -0.2) is 4.79 Å². The monoisotopic (exact) mass is 468 g/mol. The lowest BCUT2D eigenvalue weighted by molar-refractivity contribution is -0.388. The lowest BCUT2D eigenvalue weighted by Crippen LogP contribution is -2.91.